The summed E-state index contributed by atoms with van der Waals surface area (Å²) in [7, 11) is -8.86. The summed E-state index contributed by atoms with van der Waals surface area (Å²) >= 11 is 0. The molecule has 6 aromatic rings. The number of hydrogen-bond donors (Lipinski definition) is 3. The molecule has 0 radical (unpaired) electrons. The summed E-state index contributed by atoms with van der Waals surface area (Å²) in [6.45, 7) is 0. The third-order valence-corrected chi connectivity index (χ3v) is 14.5. The largest absolute Gasteiger partial charge is 0.447 e. The van der Waals surface area contributed by atoms with Crippen LogP contribution in [0.2, 0.25) is 0 Å². The molecule has 0 saturated carbocycles. The van der Waals surface area contributed by atoms with Gasteiger partial charge in [-0.2, -0.15) is 15.8 Å². The van der Waals surface area contributed by atoms with Crippen molar-refractivity contribution in [2.75, 3.05) is 17.2 Å². The summed E-state index contributed by atoms with van der Waals surface area (Å²) < 4.78 is 35.1. The first-order valence-electron chi connectivity index (χ1n) is 16.7. The smallest absolute Gasteiger partial charge is 0.440 e. The van der Waals surface area contributed by atoms with Crippen LogP contribution in [0.15, 0.2) is 150 Å². The lowest BCUT2D eigenvalue weighted by Gasteiger charge is -2.43. The summed E-state index contributed by atoms with van der Waals surface area (Å²) in [5, 5.41) is 28.7. The molecule has 0 aromatic heterocycles. The number of nitrogens with zero attached hydrogens (tertiary/aromatic N) is 6. The fourth-order valence-electron chi connectivity index (χ4n) is 4.81. The van der Waals surface area contributed by atoms with Crippen LogP contribution in [0.3, 0.4) is 0 Å². The first-order valence-corrected chi connectivity index (χ1v) is 20.6. The Kier molecular flexibility index (Phi) is 11.6. The van der Waals surface area contributed by atoms with Gasteiger partial charge in [-0.25, -0.2) is 0 Å². The third kappa shape index (κ3) is 9.28. The molecule has 7 rings (SSSR count). The van der Waals surface area contributed by atoms with Crippen molar-refractivity contribution in [1.82, 2.24) is 9.21 Å². The van der Waals surface area contributed by atoms with Gasteiger partial charge in [0.15, 0.2) is 0 Å². The zero-order chi connectivity index (χ0) is 39.8. The standard InChI is InChI=1S/C39H30N9O6P3/c40-25-28-1-13-35(14-2-28)50-48-56(52-37-23-11-33(45)12-24-37)47(49-34-19-7-31(43)8-20-34)55(51-36-21-9-32(44)10-22-36)46-57(48,53-38-15-3-29(26-41)4-16-38)54-39-17-5-30(27-42)6-18-39/h1-24H,43-45H2. The molecule has 18 heteroatoms. The Bertz CT molecular complexity index is 2450. The molecule has 0 amide bonds. The van der Waals surface area contributed by atoms with Gasteiger partial charge >= 0.3 is 24.6 Å². The molecule has 0 bridgehead atoms. The molecule has 0 spiro atoms. The van der Waals surface area contributed by atoms with Crippen LogP contribution >= 0.6 is 24.6 Å². The van der Waals surface area contributed by atoms with Crippen molar-refractivity contribution < 1.29 is 27.8 Å². The maximum absolute atomic E-state index is 9.56. The maximum Gasteiger partial charge on any atom is 0.447 e. The molecule has 2 unspecified atom stereocenters. The quantitative estimate of drug-likeness (QED) is 0.0773. The third-order valence-electron chi connectivity index (χ3n) is 7.63. The first-order chi connectivity index (χ1) is 27.7. The van der Waals surface area contributed by atoms with Crippen molar-refractivity contribution in [3.8, 4) is 52.7 Å². The van der Waals surface area contributed by atoms with Crippen molar-refractivity contribution in [2.24, 2.45) is 4.52 Å². The van der Waals surface area contributed by atoms with E-state index < -0.39 is 24.6 Å². The van der Waals surface area contributed by atoms with E-state index in [-0.39, 0.29) is 17.2 Å². The highest BCUT2D eigenvalue weighted by atomic mass is 31.3. The van der Waals surface area contributed by atoms with Gasteiger partial charge in [0.25, 0.3) is 0 Å². The van der Waals surface area contributed by atoms with Crippen LogP contribution in [-0.2, 0) is 0 Å². The molecule has 0 saturated heterocycles. The second-order valence-corrected chi connectivity index (χ2v) is 17.3. The fraction of sp³-hybridized carbons (Fsp3) is 0. The van der Waals surface area contributed by atoms with E-state index in [1.807, 2.05) is 0 Å². The lowest BCUT2D eigenvalue weighted by atomic mass is 10.2. The van der Waals surface area contributed by atoms with Gasteiger partial charge in [-0.1, -0.05) is 0 Å². The molecule has 1 heterocycles. The highest BCUT2D eigenvalue weighted by Crippen LogP contribution is 2.77. The zero-order valence-corrected chi connectivity index (χ0v) is 32.2. The summed E-state index contributed by atoms with van der Waals surface area (Å²) in [6, 6.07) is 45.5. The summed E-state index contributed by atoms with van der Waals surface area (Å²) in [5.41, 5.74) is 20.8. The van der Waals surface area contributed by atoms with Gasteiger partial charge in [-0.15, -0.1) is 4.52 Å². The van der Waals surface area contributed by atoms with Gasteiger partial charge in [-0.05, 0) is 146 Å². The Morgan fingerprint density at radius 2 is 0.807 bits per heavy atom. The highest BCUT2D eigenvalue weighted by Gasteiger charge is 2.58. The molecule has 0 aliphatic carbocycles. The Morgan fingerprint density at radius 1 is 0.456 bits per heavy atom. The number of anilines is 3. The Balaban J connectivity index is 1.49. The minimum atomic E-state index is -4.11. The predicted octanol–water partition coefficient (Wildman–Crippen LogP) is 9.67. The number of nitrogens with two attached hydrogens (primary N) is 3. The van der Waals surface area contributed by atoms with Crippen LogP contribution < -0.4 is 45.0 Å². The van der Waals surface area contributed by atoms with E-state index in [0.29, 0.717) is 51.0 Å². The van der Waals surface area contributed by atoms with Gasteiger partial charge in [0.1, 0.15) is 34.5 Å². The maximum atomic E-state index is 9.56. The second kappa shape index (κ2) is 17.2. The van der Waals surface area contributed by atoms with Crippen molar-refractivity contribution in [1.29, 1.82) is 15.8 Å². The summed E-state index contributed by atoms with van der Waals surface area (Å²) in [6.07, 6.45) is 0. The van der Waals surface area contributed by atoms with E-state index >= 15 is 0 Å². The molecule has 15 nitrogen and oxygen atoms in total. The molecular formula is C39H30N9O6P3. The van der Waals surface area contributed by atoms with E-state index in [4.69, 9.17) is 49.5 Å². The van der Waals surface area contributed by atoms with Gasteiger partial charge < -0.3 is 45.0 Å². The van der Waals surface area contributed by atoms with Gasteiger partial charge in [0, 0.05) is 26.3 Å². The van der Waals surface area contributed by atoms with E-state index in [1.54, 1.807) is 146 Å². The number of benzene rings is 6. The van der Waals surface area contributed by atoms with E-state index in [9.17, 15) is 15.8 Å². The predicted molar refractivity (Wildman–Crippen MR) is 217 cm³/mol. The summed E-state index contributed by atoms with van der Waals surface area (Å²) in [5.74, 6) is 1.85. The molecule has 1 aliphatic heterocycles. The Labute approximate surface area is 330 Å². The zero-order valence-electron chi connectivity index (χ0n) is 29.6. The minimum Gasteiger partial charge on any atom is -0.440 e. The van der Waals surface area contributed by atoms with Crippen LogP contribution in [0, 0.1) is 34.0 Å². The van der Waals surface area contributed by atoms with Crippen molar-refractivity contribution in [3.63, 3.8) is 0 Å². The average molecular weight is 814 g/mol. The topological polar surface area (TPSA) is 224 Å². The van der Waals surface area contributed by atoms with E-state index in [0.717, 1.165) is 0 Å². The average Bonchev–Trinajstić information content (AvgIpc) is 3.23. The van der Waals surface area contributed by atoms with Crippen LogP contribution in [-0.4, -0.2) is 9.21 Å². The first kappa shape index (κ1) is 38.3. The molecule has 0 fully saturated rings. The molecule has 1 aliphatic rings. The van der Waals surface area contributed by atoms with E-state index in [2.05, 4.69) is 18.2 Å². The fourth-order valence-corrected chi connectivity index (χ4v) is 12.3. The van der Waals surface area contributed by atoms with Crippen LogP contribution in [0.25, 0.3) is 0 Å². The Hall–Kier alpha value is -7.00. The number of nitriles is 3. The van der Waals surface area contributed by atoms with Crippen LogP contribution in [0.5, 0.6) is 34.5 Å². The van der Waals surface area contributed by atoms with Crippen LogP contribution in [0.4, 0.5) is 17.1 Å². The molecule has 282 valence electrons. The van der Waals surface area contributed by atoms with Crippen molar-refractivity contribution >= 4 is 41.6 Å². The molecule has 6 aromatic carbocycles. The molecule has 57 heavy (non-hydrogen) atoms. The van der Waals surface area contributed by atoms with E-state index in [1.165, 1.54) is 9.21 Å². The number of nitrogen functional groups attached to an aromatic ring is 3. The second-order valence-electron chi connectivity index (χ2n) is 11.8. The lowest BCUT2D eigenvalue weighted by molar-refractivity contribution is 0.0546. The SMILES string of the molecule is N#Cc1ccc(ON2P(Oc3ccc(N)cc3)N(Oc3ccc(N)cc3)P(Oc3ccc(N)cc3)N=P2(Oc2ccc(C#N)cc2)Oc2ccc(C#N)cc2)cc1. The normalized spacial score (nSPS) is 16.0. The van der Waals surface area contributed by atoms with Crippen LogP contribution in [0.1, 0.15) is 16.7 Å². The lowest BCUT2D eigenvalue weighted by Crippen LogP contribution is -2.37. The molecular weight excluding hydrogens is 783 g/mol. The monoisotopic (exact) mass is 813 g/mol. The minimum absolute atomic E-state index is 0.255. The van der Waals surface area contributed by atoms with Crippen molar-refractivity contribution in [2.45, 2.75) is 0 Å². The van der Waals surface area contributed by atoms with Gasteiger partial charge in [0.2, 0.25) is 0 Å². The Morgan fingerprint density at radius 3 is 1.23 bits per heavy atom. The van der Waals surface area contributed by atoms with Gasteiger partial charge in [0.05, 0.1) is 34.9 Å². The summed E-state index contributed by atoms with van der Waals surface area (Å²) in [4.78, 5) is 13.3. The number of rotatable bonds is 12. The highest BCUT2D eigenvalue weighted by molar-refractivity contribution is 7.78. The molecule has 6 N–H and O–H groups in total. The van der Waals surface area contributed by atoms with Crippen molar-refractivity contribution in [3.05, 3.63) is 162 Å². The number of hydrogen-bond acceptors (Lipinski definition) is 15. The molecule has 2 atom stereocenters. The van der Waals surface area contributed by atoms with Gasteiger partial charge in [-0.3, -0.25) is 0 Å².